The molecule has 0 amide bonds. The SMILES string of the molecule is CC[C@H]1OC(=O)C(C)[C@@H](O[C@@H]2CC(C)C[C@](C)(OC)C2)[C@H](C)[C@@H](OC2C[C@@H](N(C)CCc3cn(C(CO)C(OC)c4ccc(C5=CCCN(C)C5)cc4)nn3)CC(C)O2)[C@@H](C)C[C@@H](C)CN(C)C(C)C(O)[C@H]1C. The molecule has 0 bridgehead atoms. The molecule has 6 rings (SSSR count). The second-order valence-corrected chi connectivity index (χ2v) is 23.8. The Morgan fingerprint density at radius 3 is 2.32 bits per heavy atom. The molecule has 2 N–H and O–H groups in total. The second-order valence-electron chi connectivity index (χ2n) is 23.8. The zero-order valence-corrected chi connectivity index (χ0v) is 47.6. The third kappa shape index (κ3) is 15.4. The molecule has 1 aliphatic carbocycles. The maximum atomic E-state index is 14.5. The largest absolute Gasteiger partial charge is 0.462 e. The van der Waals surface area contributed by atoms with Crippen molar-refractivity contribution in [2.45, 2.75) is 200 Å². The number of aliphatic hydroxyl groups is 2. The molecule has 3 aliphatic heterocycles. The average molecular weight is 1020 g/mol. The van der Waals surface area contributed by atoms with E-state index in [1.54, 1.807) is 18.9 Å². The van der Waals surface area contributed by atoms with Gasteiger partial charge in [-0.05, 0) is 122 Å². The van der Waals surface area contributed by atoms with E-state index in [-0.39, 0.29) is 66.3 Å². The minimum absolute atomic E-state index is 0.0455. The van der Waals surface area contributed by atoms with Gasteiger partial charge in [0.15, 0.2) is 6.29 Å². The second kappa shape index (κ2) is 27.0. The molecule has 15 heteroatoms. The van der Waals surface area contributed by atoms with Crippen LogP contribution in [0.4, 0.5) is 0 Å². The van der Waals surface area contributed by atoms with E-state index in [2.05, 4.69) is 125 Å². The Labute approximate surface area is 440 Å². The first-order valence-corrected chi connectivity index (χ1v) is 28.0. The number of esters is 1. The number of hydrogen-bond acceptors (Lipinski definition) is 14. The van der Waals surface area contributed by atoms with E-state index >= 15 is 0 Å². The molecule has 2 saturated heterocycles. The van der Waals surface area contributed by atoms with Crippen LogP contribution in [0.25, 0.3) is 5.57 Å². The lowest BCUT2D eigenvalue weighted by Gasteiger charge is -2.45. The van der Waals surface area contributed by atoms with Crippen molar-refractivity contribution in [1.82, 2.24) is 29.7 Å². The number of carbonyl (C=O) groups excluding carboxylic acids is 1. The van der Waals surface area contributed by atoms with Crippen LogP contribution in [-0.2, 0) is 39.6 Å². The Bertz CT molecular complexity index is 2020. The highest BCUT2D eigenvalue weighted by Crippen LogP contribution is 2.41. The normalized spacial score (nSPS) is 37.0. The summed E-state index contributed by atoms with van der Waals surface area (Å²) in [6.07, 6.45) is 8.56. The van der Waals surface area contributed by atoms with Crippen LogP contribution in [0, 0.1) is 35.5 Å². The predicted molar refractivity (Wildman–Crippen MR) is 287 cm³/mol. The van der Waals surface area contributed by atoms with Crippen LogP contribution in [0.3, 0.4) is 0 Å². The Balaban J connectivity index is 1.19. The standard InChI is InChI=1S/C58H98N6O9/c1-16-51-40(6)53(66)43(9)63(13)32-37(3)26-38(4)54(41(7)55(42(8)57(67)72-51)71-49-27-36(2)30-58(10,31-49)69-15)73-52-29-48(28-39(5)70-52)62(12)25-23-47-34-64(60-59-47)50(35-65)56(68-14)45-21-19-44(20-22-45)46-18-17-24-61(11)33-46/h18-22,34,36-43,48-56,65-66H,16-17,23-33,35H2,1-15H3/t36?,37-,38+,39?,40+,41-,42?,43?,48+,49-,50?,51-,52?,53?,54+,55+,56?,58+/m1/s1. The molecule has 18 atom stereocenters. The number of benzene rings is 1. The van der Waals surface area contributed by atoms with Gasteiger partial charge in [0.25, 0.3) is 0 Å². The Kier molecular flexibility index (Phi) is 22.0. The van der Waals surface area contributed by atoms with Crippen molar-refractivity contribution in [1.29, 1.82) is 0 Å². The summed E-state index contributed by atoms with van der Waals surface area (Å²) in [5, 5.41) is 31.5. The van der Waals surface area contributed by atoms with Crippen LogP contribution in [0.15, 0.2) is 36.5 Å². The third-order valence-electron chi connectivity index (χ3n) is 17.5. The quantitative estimate of drug-likeness (QED) is 0.155. The molecule has 1 saturated carbocycles. The number of carbonyl (C=O) groups is 1. The molecule has 0 radical (unpaired) electrons. The van der Waals surface area contributed by atoms with Gasteiger partial charge < -0.3 is 53.3 Å². The molecule has 15 nitrogen and oxygen atoms in total. The van der Waals surface area contributed by atoms with Gasteiger partial charge in [0.1, 0.15) is 18.2 Å². The summed E-state index contributed by atoms with van der Waals surface area (Å²) < 4.78 is 41.6. The summed E-state index contributed by atoms with van der Waals surface area (Å²) >= 11 is 0. The lowest BCUT2D eigenvalue weighted by atomic mass is 9.77. The van der Waals surface area contributed by atoms with Crippen molar-refractivity contribution in [2.75, 3.05) is 68.1 Å². The summed E-state index contributed by atoms with van der Waals surface area (Å²) in [6.45, 7) is 24.8. The zero-order valence-electron chi connectivity index (χ0n) is 47.6. The van der Waals surface area contributed by atoms with E-state index in [0.29, 0.717) is 31.1 Å². The third-order valence-corrected chi connectivity index (χ3v) is 17.5. The van der Waals surface area contributed by atoms with Crippen LogP contribution in [0.1, 0.15) is 150 Å². The monoisotopic (exact) mass is 1020 g/mol. The fourth-order valence-electron chi connectivity index (χ4n) is 13.0. The smallest absolute Gasteiger partial charge is 0.311 e. The molecular formula is C58H98N6O9. The molecule has 8 unspecified atom stereocenters. The van der Waals surface area contributed by atoms with Crippen molar-refractivity contribution >= 4 is 11.5 Å². The summed E-state index contributed by atoms with van der Waals surface area (Å²) in [4.78, 5) is 21.5. The van der Waals surface area contributed by atoms with Crippen molar-refractivity contribution in [2.24, 2.45) is 35.5 Å². The number of cyclic esters (lactones) is 1. The van der Waals surface area contributed by atoms with Gasteiger partial charge in [-0.2, -0.15) is 0 Å². The van der Waals surface area contributed by atoms with E-state index in [4.69, 9.17) is 28.4 Å². The van der Waals surface area contributed by atoms with E-state index in [1.807, 2.05) is 27.0 Å². The molecule has 1 aromatic heterocycles. The average Bonchev–Trinajstić information content (AvgIpc) is 3.84. The van der Waals surface area contributed by atoms with Crippen LogP contribution >= 0.6 is 0 Å². The van der Waals surface area contributed by atoms with Crippen LogP contribution in [0.5, 0.6) is 0 Å². The van der Waals surface area contributed by atoms with Crippen molar-refractivity contribution in [3.63, 3.8) is 0 Å². The number of hydrogen-bond donors (Lipinski definition) is 2. The molecule has 1 aromatic carbocycles. The summed E-state index contributed by atoms with van der Waals surface area (Å²) in [5.74, 6) is -0.613. The number of likely N-dealkylation sites (N-methyl/N-ethyl adjacent to an activating group) is 3. The maximum Gasteiger partial charge on any atom is 0.311 e. The lowest BCUT2D eigenvalue weighted by molar-refractivity contribution is -0.249. The highest BCUT2D eigenvalue weighted by atomic mass is 16.7. The van der Waals surface area contributed by atoms with Crippen molar-refractivity contribution in [3.8, 4) is 0 Å². The Hall–Kier alpha value is -2.83. The first-order chi connectivity index (χ1) is 34.7. The minimum atomic E-state index is -0.677. The van der Waals surface area contributed by atoms with Gasteiger partial charge in [-0.15, -0.1) is 5.10 Å². The number of nitrogens with zero attached hydrogens (tertiary/aromatic N) is 6. The highest BCUT2D eigenvalue weighted by molar-refractivity contribution is 5.73. The summed E-state index contributed by atoms with van der Waals surface area (Å²) in [7, 11) is 9.87. The van der Waals surface area contributed by atoms with Crippen molar-refractivity contribution in [3.05, 3.63) is 53.4 Å². The fourth-order valence-corrected chi connectivity index (χ4v) is 13.0. The number of ether oxygens (including phenoxy) is 6. The minimum Gasteiger partial charge on any atom is -0.462 e. The molecule has 2 aromatic rings. The van der Waals surface area contributed by atoms with E-state index in [0.717, 1.165) is 76.0 Å². The van der Waals surface area contributed by atoms with E-state index in [1.165, 1.54) is 11.1 Å². The molecule has 3 fully saturated rings. The van der Waals surface area contributed by atoms with Crippen molar-refractivity contribution < 1.29 is 43.4 Å². The number of rotatable bonds is 16. The maximum absolute atomic E-state index is 14.5. The molecule has 0 spiro atoms. The van der Waals surface area contributed by atoms with Gasteiger partial charge in [-0.25, -0.2) is 4.68 Å². The zero-order chi connectivity index (χ0) is 53.3. The molecule has 73 heavy (non-hydrogen) atoms. The molecular weight excluding hydrogens is 925 g/mol. The Morgan fingerprint density at radius 1 is 0.932 bits per heavy atom. The topological polar surface area (TPSA) is 153 Å². The van der Waals surface area contributed by atoms with Gasteiger partial charge in [-0.1, -0.05) is 77.1 Å². The van der Waals surface area contributed by atoms with E-state index in [9.17, 15) is 15.0 Å². The van der Waals surface area contributed by atoms with Gasteiger partial charge in [0, 0.05) is 89.8 Å². The first kappa shape index (κ1) is 59.4. The lowest BCUT2D eigenvalue weighted by Crippen LogP contribution is -2.51. The van der Waals surface area contributed by atoms with Crippen LogP contribution < -0.4 is 0 Å². The van der Waals surface area contributed by atoms with Crippen LogP contribution in [0.2, 0.25) is 0 Å². The number of aliphatic hydroxyl groups excluding tert-OH is 2. The van der Waals surface area contributed by atoms with Gasteiger partial charge in [0.2, 0.25) is 0 Å². The molecule has 4 aliphatic rings. The number of methoxy groups -OCH3 is 2. The summed E-state index contributed by atoms with van der Waals surface area (Å²) in [6, 6.07) is 8.09. The van der Waals surface area contributed by atoms with Gasteiger partial charge in [-0.3, -0.25) is 4.79 Å². The Morgan fingerprint density at radius 2 is 1.66 bits per heavy atom. The highest BCUT2D eigenvalue weighted by Gasteiger charge is 2.45. The van der Waals surface area contributed by atoms with Gasteiger partial charge in [0.05, 0.1) is 54.3 Å². The van der Waals surface area contributed by atoms with E-state index < -0.39 is 42.7 Å². The van der Waals surface area contributed by atoms with Crippen LogP contribution in [-0.4, -0.2) is 175 Å². The predicted octanol–water partition coefficient (Wildman–Crippen LogP) is 8.24. The summed E-state index contributed by atoms with van der Waals surface area (Å²) in [5.41, 5.74) is 4.03. The first-order valence-electron chi connectivity index (χ1n) is 28.0. The number of aromatic nitrogens is 3. The molecule has 4 heterocycles. The van der Waals surface area contributed by atoms with Gasteiger partial charge >= 0.3 is 5.97 Å². The fraction of sp³-hybridized carbons (Fsp3) is 0.810. The molecule has 414 valence electrons.